The van der Waals surface area contributed by atoms with Crippen molar-refractivity contribution in [3.63, 3.8) is 0 Å². The fraction of sp³-hybridized carbons (Fsp3) is 0.848. The number of carbonyl (C=O) groups excluding carboxylic acids is 5. The van der Waals surface area contributed by atoms with Crippen molar-refractivity contribution in [2.75, 3.05) is 34.2 Å². The van der Waals surface area contributed by atoms with Gasteiger partial charge in [0, 0.05) is 20.0 Å². The van der Waals surface area contributed by atoms with E-state index in [1.165, 1.54) is 45.6 Å². The number of Topliss-reactive ketones (excluding diaryl/α,β-unsaturated/α-hetero) is 1. The molecule has 2 fully saturated rings. The number of likely N-dealkylation sites (tertiary alicyclic amines) is 1. The summed E-state index contributed by atoms with van der Waals surface area (Å²) in [4.78, 5) is 56.5. The molecule has 2 rings (SSSR count). The summed E-state index contributed by atoms with van der Waals surface area (Å²) in [5.41, 5.74) is 0. The minimum absolute atomic E-state index is 0.218. The van der Waals surface area contributed by atoms with Crippen LogP contribution in [0.2, 0.25) is 0 Å². The predicted molar refractivity (Wildman–Crippen MR) is 181 cm³/mol. The molecule has 1 aliphatic heterocycles. The van der Waals surface area contributed by atoms with E-state index in [1.54, 1.807) is 14.0 Å². The number of nitrogens with one attached hydrogen (secondary N) is 4. The lowest BCUT2D eigenvalue weighted by atomic mass is 9.84. The average Bonchev–Trinajstić information content (AvgIpc) is 3.50. The summed E-state index contributed by atoms with van der Waals surface area (Å²) in [7, 11) is 4.89. The number of aldehydes is 2. The van der Waals surface area contributed by atoms with Crippen LogP contribution < -0.4 is 21.3 Å². The Morgan fingerprint density at radius 1 is 0.891 bits per heavy atom. The van der Waals surface area contributed by atoms with Gasteiger partial charge in [-0.3, -0.25) is 14.5 Å². The number of halogens is 3. The van der Waals surface area contributed by atoms with Gasteiger partial charge in [-0.2, -0.15) is 13.2 Å². The fourth-order valence-electron chi connectivity index (χ4n) is 4.21. The second-order valence-corrected chi connectivity index (χ2v) is 10.3. The molecular weight excluding hydrogens is 603 g/mol. The van der Waals surface area contributed by atoms with Crippen molar-refractivity contribution in [2.45, 2.75) is 143 Å². The van der Waals surface area contributed by atoms with E-state index in [2.05, 4.69) is 40.0 Å². The molecule has 274 valence electrons. The highest BCUT2D eigenvalue weighted by atomic mass is 19.4. The molecule has 0 aromatic carbocycles. The number of urea groups is 1. The smallest absolute Gasteiger partial charge is 0.350 e. The van der Waals surface area contributed by atoms with Crippen LogP contribution in [0.4, 0.5) is 18.0 Å². The lowest BCUT2D eigenvalue weighted by molar-refractivity contribution is -0.144. The molecule has 1 saturated carbocycles. The third kappa shape index (κ3) is 27.7. The number of amides is 3. The van der Waals surface area contributed by atoms with Crippen molar-refractivity contribution in [2.24, 2.45) is 5.92 Å². The van der Waals surface area contributed by atoms with Gasteiger partial charge in [0.1, 0.15) is 12.6 Å². The first kappa shape index (κ1) is 50.3. The SMILES string of the molecule is CC.CC.CCCC.CCNC(=O)C(=O)C(CCC(F)(F)F)NC.CN1CCCC1C=O.CNC(=O)NC(C=O)C1CCCCC1. The summed E-state index contributed by atoms with van der Waals surface area (Å²) in [6, 6.07) is -1.45. The van der Waals surface area contributed by atoms with Crippen LogP contribution in [0.25, 0.3) is 0 Å². The summed E-state index contributed by atoms with van der Waals surface area (Å²) in [6.45, 7) is 15.3. The third-order valence-corrected chi connectivity index (χ3v) is 7.01. The van der Waals surface area contributed by atoms with Gasteiger partial charge in [-0.15, -0.1) is 0 Å². The second-order valence-electron chi connectivity index (χ2n) is 10.3. The van der Waals surface area contributed by atoms with E-state index in [4.69, 9.17) is 0 Å². The number of rotatable bonds is 11. The minimum atomic E-state index is -4.32. The van der Waals surface area contributed by atoms with E-state index in [1.807, 2.05) is 34.7 Å². The summed E-state index contributed by atoms with van der Waals surface area (Å²) >= 11 is 0. The Balaban J connectivity index is -0.000000266. The molecule has 0 bridgehead atoms. The lowest BCUT2D eigenvalue weighted by Gasteiger charge is -2.26. The van der Waals surface area contributed by atoms with Crippen LogP contribution in [0.5, 0.6) is 0 Å². The summed E-state index contributed by atoms with van der Waals surface area (Å²) < 4.78 is 35.8. The molecule has 2 aliphatic rings. The van der Waals surface area contributed by atoms with Crippen LogP contribution in [-0.4, -0.2) is 93.7 Å². The maximum Gasteiger partial charge on any atom is 0.389 e. The highest BCUT2D eigenvalue weighted by molar-refractivity contribution is 6.38. The van der Waals surface area contributed by atoms with Crippen molar-refractivity contribution in [1.82, 2.24) is 26.2 Å². The number of nitrogens with zero attached hydrogens (tertiary/aromatic N) is 1. The largest absolute Gasteiger partial charge is 0.389 e. The van der Waals surface area contributed by atoms with Gasteiger partial charge < -0.3 is 30.9 Å². The molecule has 46 heavy (non-hydrogen) atoms. The van der Waals surface area contributed by atoms with Crippen molar-refractivity contribution in [3.8, 4) is 0 Å². The van der Waals surface area contributed by atoms with E-state index in [9.17, 15) is 37.1 Å². The molecule has 3 amide bonds. The number of alkyl halides is 3. The van der Waals surface area contributed by atoms with Crippen LogP contribution >= 0.6 is 0 Å². The van der Waals surface area contributed by atoms with Gasteiger partial charge >= 0.3 is 12.2 Å². The molecule has 4 N–H and O–H groups in total. The van der Waals surface area contributed by atoms with Gasteiger partial charge in [0.15, 0.2) is 0 Å². The van der Waals surface area contributed by atoms with Gasteiger partial charge in [0.05, 0.1) is 18.1 Å². The number of likely N-dealkylation sites (N-methyl/N-ethyl adjacent to an activating group) is 3. The Morgan fingerprint density at radius 3 is 1.76 bits per heavy atom. The van der Waals surface area contributed by atoms with Crippen molar-refractivity contribution in [1.29, 1.82) is 0 Å². The van der Waals surface area contributed by atoms with Crippen LogP contribution in [0.1, 0.15) is 119 Å². The number of hydrogen-bond donors (Lipinski definition) is 4. The molecule has 3 atom stereocenters. The molecule has 0 aromatic rings. The quantitative estimate of drug-likeness (QED) is 0.161. The summed E-state index contributed by atoms with van der Waals surface area (Å²) in [5.74, 6) is -1.39. The average molecular weight is 670 g/mol. The zero-order valence-corrected chi connectivity index (χ0v) is 30.3. The van der Waals surface area contributed by atoms with Crippen molar-refractivity contribution in [3.05, 3.63) is 0 Å². The standard InChI is InChI=1S/C10H18N2O2.C9H15F3N2O2.C6H11NO.C4H10.2C2H6/c1-11-10(14)12-9(7-13)8-5-3-2-4-6-8;1-3-14-8(16)7(15)6(13-2)4-5-9(10,11)12;1-7-4-2-3-6(7)5-8;1-3-4-2;2*1-2/h7-9H,2-6H2,1H3,(H2,11,12,14);6,13H,3-5H2,1-2H3,(H,14,16);5-6H,2-4H2,1H3;3-4H2,1-2H3;2*1-2H3. The third-order valence-electron chi connectivity index (χ3n) is 7.01. The maximum absolute atomic E-state index is 11.9. The highest BCUT2D eigenvalue weighted by Gasteiger charge is 2.31. The number of hydrogen-bond acceptors (Lipinski definition) is 7. The molecule has 1 saturated heterocycles. The Morgan fingerprint density at radius 2 is 1.43 bits per heavy atom. The monoisotopic (exact) mass is 670 g/mol. The van der Waals surface area contributed by atoms with Gasteiger partial charge in [-0.05, 0) is 65.6 Å². The normalized spacial score (nSPS) is 16.9. The second kappa shape index (κ2) is 33.8. The van der Waals surface area contributed by atoms with Crippen LogP contribution in [0.3, 0.4) is 0 Å². The Kier molecular flexibility index (Phi) is 37.0. The first-order valence-electron chi connectivity index (χ1n) is 17.0. The predicted octanol–water partition coefficient (Wildman–Crippen LogP) is 5.82. The Bertz CT molecular complexity index is 764. The van der Waals surface area contributed by atoms with E-state index in [-0.39, 0.29) is 24.7 Å². The molecule has 3 unspecified atom stereocenters. The summed E-state index contributed by atoms with van der Waals surface area (Å²) in [5, 5.41) is 9.78. The van der Waals surface area contributed by atoms with E-state index in [0.717, 1.165) is 38.4 Å². The molecular formula is C33H66F3N5O5. The Labute approximate surface area is 277 Å². The van der Waals surface area contributed by atoms with Crippen molar-refractivity contribution >= 4 is 30.3 Å². The van der Waals surface area contributed by atoms with E-state index in [0.29, 0.717) is 5.92 Å². The van der Waals surface area contributed by atoms with Crippen LogP contribution in [-0.2, 0) is 19.2 Å². The zero-order valence-electron chi connectivity index (χ0n) is 30.3. The fourth-order valence-corrected chi connectivity index (χ4v) is 4.21. The number of ketones is 1. The maximum atomic E-state index is 11.9. The first-order valence-corrected chi connectivity index (χ1v) is 17.0. The first-order chi connectivity index (χ1) is 21.8. The molecule has 13 heteroatoms. The number of unbranched alkanes of at least 4 members (excludes halogenated alkanes) is 1. The minimum Gasteiger partial charge on any atom is -0.350 e. The van der Waals surface area contributed by atoms with Gasteiger partial charge in [-0.1, -0.05) is 73.6 Å². The van der Waals surface area contributed by atoms with Gasteiger partial charge in [-0.25, -0.2) is 4.79 Å². The van der Waals surface area contributed by atoms with Gasteiger partial charge in [0.25, 0.3) is 5.91 Å². The van der Waals surface area contributed by atoms with Crippen molar-refractivity contribution < 1.29 is 37.1 Å². The van der Waals surface area contributed by atoms with E-state index >= 15 is 0 Å². The molecule has 1 heterocycles. The van der Waals surface area contributed by atoms with Crippen LogP contribution in [0.15, 0.2) is 0 Å². The Hall–Kier alpha value is -2.54. The van der Waals surface area contributed by atoms with Crippen LogP contribution in [0, 0.1) is 5.92 Å². The van der Waals surface area contributed by atoms with Gasteiger partial charge in [0.2, 0.25) is 5.78 Å². The highest BCUT2D eigenvalue weighted by Crippen LogP contribution is 2.25. The molecule has 0 aromatic heterocycles. The molecule has 1 aliphatic carbocycles. The zero-order chi connectivity index (χ0) is 36.6. The molecule has 0 radical (unpaired) electrons. The topological polar surface area (TPSA) is 137 Å². The lowest BCUT2D eigenvalue weighted by Crippen LogP contribution is -2.45. The molecule has 10 nitrogen and oxygen atoms in total. The number of carbonyl (C=O) groups is 5. The molecule has 0 spiro atoms. The summed E-state index contributed by atoms with van der Waals surface area (Å²) in [6.07, 6.45) is 6.60. The van der Waals surface area contributed by atoms with E-state index < -0.39 is 36.8 Å².